The van der Waals surface area contributed by atoms with Crippen LogP contribution in [0, 0.1) is 5.92 Å². The normalized spacial score (nSPS) is 25.1. The zero-order chi connectivity index (χ0) is 13.6. The molecule has 2 fully saturated rings. The van der Waals surface area contributed by atoms with Gasteiger partial charge in [0.05, 0.1) is 13.2 Å². The smallest absolute Gasteiger partial charge is 0.161 e. The van der Waals surface area contributed by atoms with E-state index in [-0.39, 0.29) is 6.29 Å². The van der Waals surface area contributed by atoms with Crippen LogP contribution in [0.25, 0.3) is 0 Å². The Morgan fingerprint density at radius 2 is 1.95 bits per heavy atom. The third-order valence-electron chi connectivity index (χ3n) is 3.99. The Hall–Kier alpha value is -0.550. The average molecular weight is 293 g/mol. The molecule has 1 aromatic carbocycles. The summed E-state index contributed by atoms with van der Waals surface area (Å²) in [7, 11) is 0. The Kier molecular flexibility index (Phi) is 5.36. The van der Waals surface area contributed by atoms with Crippen LogP contribution in [0.15, 0.2) is 35.2 Å². The molecule has 1 aromatic rings. The van der Waals surface area contributed by atoms with E-state index in [1.807, 2.05) is 11.8 Å². The Bertz CT molecular complexity index is 395. The van der Waals surface area contributed by atoms with Crippen LogP contribution in [0.5, 0.6) is 0 Å². The second-order valence-electron chi connectivity index (χ2n) is 5.47. The molecule has 20 heavy (non-hydrogen) atoms. The third-order valence-corrected chi connectivity index (χ3v) is 4.99. The standard InChI is InChI=1S/C16H23NO2S/c1-2-6-15(7-3-1)20-12-9-17-8-4-5-14(13-17)16-18-10-11-19-16/h1-3,6-7,14,16H,4-5,8-13H2. The number of thioether (sulfide) groups is 1. The molecule has 0 bridgehead atoms. The second-order valence-corrected chi connectivity index (χ2v) is 6.64. The predicted octanol–water partition coefficient (Wildman–Crippen LogP) is 2.86. The highest BCUT2D eigenvalue weighted by Gasteiger charge is 2.30. The molecular formula is C16H23NO2S. The van der Waals surface area contributed by atoms with E-state index in [9.17, 15) is 0 Å². The lowest BCUT2D eigenvalue weighted by Crippen LogP contribution is -2.41. The molecular weight excluding hydrogens is 270 g/mol. The first-order chi connectivity index (χ1) is 9.92. The zero-order valence-electron chi connectivity index (χ0n) is 11.9. The van der Waals surface area contributed by atoms with E-state index in [1.54, 1.807) is 0 Å². The van der Waals surface area contributed by atoms with Crippen LogP contribution in [0.1, 0.15) is 12.8 Å². The summed E-state index contributed by atoms with van der Waals surface area (Å²) in [5.74, 6) is 1.72. The van der Waals surface area contributed by atoms with Gasteiger partial charge in [-0.2, -0.15) is 0 Å². The number of hydrogen-bond acceptors (Lipinski definition) is 4. The first kappa shape index (κ1) is 14.4. The molecule has 3 nitrogen and oxygen atoms in total. The van der Waals surface area contributed by atoms with Crippen molar-refractivity contribution >= 4 is 11.8 Å². The molecule has 0 spiro atoms. The fourth-order valence-corrected chi connectivity index (χ4v) is 3.91. The summed E-state index contributed by atoms with van der Waals surface area (Å²) in [5, 5.41) is 0. The molecule has 0 radical (unpaired) electrons. The van der Waals surface area contributed by atoms with Crippen molar-refractivity contribution in [3.8, 4) is 0 Å². The van der Waals surface area contributed by atoms with Crippen LogP contribution >= 0.6 is 11.8 Å². The van der Waals surface area contributed by atoms with Gasteiger partial charge in [0.1, 0.15) is 0 Å². The van der Waals surface area contributed by atoms with E-state index in [4.69, 9.17) is 9.47 Å². The summed E-state index contributed by atoms with van der Waals surface area (Å²) in [5.41, 5.74) is 0. The van der Waals surface area contributed by atoms with Gasteiger partial charge in [0.2, 0.25) is 0 Å². The maximum Gasteiger partial charge on any atom is 0.161 e. The molecule has 0 aromatic heterocycles. The number of ether oxygens (including phenoxy) is 2. The van der Waals surface area contributed by atoms with Crippen LogP contribution in [0.2, 0.25) is 0 Å². The van der Waals surface area contributed by atoms with E-state index in [2.05, 4.69) is 35.2 Å². The van der Waals surface area contributed by atoms with Gasteiger partial charge in [0.25, 0.3) is 0 Å². The van der Waals surface area contributed by atoms with Crippen molar-refractivity contribution in [2.45, 2.75) is 24.0 Å². The third kappa shape index (κ3) is 3.98. The number of piperidine rings is 1. The van der Waals surface area contributed by atoms with Gasteiger partial charge in [-0.1, -0.05) is 18.2 Å². The highest BCUT2D eigenvalue weighted by atomic mass is 32.2. The van der Waals surface area contributed by atoms with Crippen molar-refractivity contribution in [3.05, 3.63) is 30.3 Å². The average Bonchev–Trinajstić information content (AvgIpc) is 3.03. The van der Waals surface area contributed by atoms with Crippen molar-refractivity contribution in [1.82, 2.24) is 4.90 Å². The first-order valence-corrected chi connectivity index (χ1v) is 8.54. The SMILES string of the molecule is c1ccc(SCCN2CCCC(C3OCCO3)C2)cc1. The Labute approximate surface area is 125 Å². The summed E-state index contributed by atoms with van der Waals surface area (Å²) in [6, 6.07) is 10.6. The van der Waals surface area contributed by atoms with Gasteiger partial charge in [-0.25, -0.2) is 0 Å². The summed E-state index contributed by atoms with van der Waals surface area (Å²) >= 11 is 1.94. The van der Waals surface area contributed by atoms with Gasteiger partial charge in [-0.05, 0) is 31.5 Å². The minimum atomic E-state index is 0.0552. The molecule has 2 heterocycles. The summed E-state index contributed by atoms with van der Waals surface area (Å²) in [6.07, 6.45) is 2.57. The van der Waals surface area contributed by atoms with E-state index < -0.39 is 0 Å². The number of benzene rings is 1. The highest BCUT2D eigenvalue weighted by molar-refractivity contribution is 7.99. The van der Waals surface area contributed by atoms with Gasteiger partial charge in [0, 0.05) is 29.7 Å². The van der Waals surface area contributed by atoms with Crippen molar-refractivity contribution < 1.29 is 9.47 Å². The van der Waals surface area contributed by atoms with E-state index in [0.717, 1.165) is 32.1 Å². The molecule has 0 amide bonds. The van der Waals surface area contributed by atoms with E-state index >= 15 is 0 Å². The number of nitrogens with zero attached hydrogens (tertiary/aromatic N) is 1. The zero-order valence-corrected chi connectivity index (χ0v) is 12.7. The molecule has 4 heteroatoms. The minimum absolute atomic E-state index is 0.0552. The molecule has 0 N–H and O–H groups in total. The van der Waals surface area contributed by atoms with Gasteiger partial charge in [0.15, 0.2) is 6.29 Å². The maximum atomic E-state index is 5.66. The topological polar surface area (TPSA) is 21.7 Å². The molecule has 110 valence electrons. The van der Waals surface area contributed by atoms with Crippen LogP contribution in [-0.4, -0.2) is 49.8 Å². The second kappa shape index (κ2) is 7.46. The molecule has 2 aliphatic heterocycles. The first-order valence-electron chi connectivity index (χ1n) is 7.55. The van der Waals surface area contributed by atoms with Crippen molar-refractivity contribution in [3.63, 3.8) is 0 Å². The van der Waals surface area contributed by atoms with Gasteiger partial charge in [-0.3, -0.25) is 0 Å². The summed E-state index contributed by atoms with van der Waals surface area (Å²) < 4.78 is 11.3. The molecule has 0 saturated carbocycles. The monoisotopic (exact) mass is 293 g/mol. The van der Waals surface area contributed by atoms with Gasteiger partial charge >= 0.3 is 0 Å². The fourth-order valence-electron chi connectivity index (χ4n) is 2.97. The Morgan fingerprint density at radius 3 is 2.75 bits per heavy atom. The van der Waals surface area contributed by atoms with Crippen LogP contribution in [0.3, 0.4) is 0 Å². The lowest BCUT2D eigenvalue weighted by atomic mass is 9.97. The summed E-state index contributed by atoms with van der Waals surface area (Å²) in [4.78, 5) is 3.93. The lowest BCUT2D eigenvalue weighted by molar-refractivity contribution is -0.0995. The van der Waals surface area contributed by atoms with Crippen molar-refractivity contribution in [2.75, 3.05) is 38.6 Å². The number of rotatable bonds is 5. The molecule has 1 atom stereocenters. The molecule has 2 aliphatic rings. The molecule has 1 unspecified atom stereocenters. The molecule has 3 rings (SSSR count). The van der Waals surface area contributed by atoms with E-state index in [1.165, 1.54) is 24.3 Å². The van der Waals surface area contributed by atoms with E-state index in [0.29, 0.717) is 5.92 Å². The quantitative estimate of drug-likeness (QED) is 0.778. The number of hydrogen-bond donors (Lipinski definition) is 0. The maximum absolute atomic E-state index is 5.66. The van der Waals surface area contributed by atoms with Gasteiger partial charge < -0.3 is 14.4 Å². The Morgan fingerprint density at radius 1 is 1.15 bits per heavy atom. The molecule has 2 saturated heterocycles. The largest absolute Gasteiger partial charge is 0.350 e. The van der Waals surface area contributed by atoms with Crippen LogP contribution in [0.4, 0.5) is 0 Å². The van der Waals surface area contributed by atoms with Crippen molar-refractivity contribution in [1.29, 1.82) is 0 Å². The van der Waals surface area contributed by atoms with Gasteiger partial charge in [-0.15, -0.1) is 11.8 Å². The number of likely N-dealkylation sites (tertiary alicyclic amines) is 1. The minimum Gasteiger partial charge on any atom is -0.350 e. The fraction of sp³-hybridized carbons (Fsp3) is 0.625. The summed E-state index contributed by atoms with van der Waals surface area (Å²) in [6.45, 7) is 5.04. The lowest BCUT2D eigenvalue weighted by Gasteiger charge is -2.34. The highest BCUT2D eigenvalue weighted by Crippen LogP contribution is 2.25. The molecule has 0 aliphatic carbocycles. The van der Waals surface area contributed by atoms with Crippen molar-refractivity contribution in [2.24, 2.45) is 5.92 Å². The predicted molar refractivity (Wildman–Crippen MR) is 82.0 cm³/mol. The van der Waals surface area contributed by atoms with Crippen LogP contribution < -0.4 is 0 Å². The van der Waals surface area contributed by atoms with Crippen LogP contribution in [-0.2, 0) is 9.47 Å². The Balaban J connectivity index is 1.41.